The number of ether oxygens (including phenoxy) is 1. The van der Waals surface area contributed by atoms with Gasteiger partial charge in [0.1, 0.15) is 17.1 Å². The lowest BCUT2D eigenvalue weighted by atomic mass is 9.64. The fourth-order valence-corrected chi connectivity index (χ4v) is 6.78. The summed E-state index contributed by atoms with van der Waals surface area (Å²) in [6.07, 6.45) is 0. The number of thiophene rings is 1. The van der Waals surface area contributed by atoms with Gasteiger partial charge in [-0.3, -0.25) is 14.9 Å². The summed E-state index contributed by atoms with van der Waals surface area (Å²) in [4.78, 5) is 28.5. The summed E-state index contributed by atoms with van der Waals surface area (Å²) in [6, 6.07) is 20.5. The van der Waals surface area contributed by atoms with Crippen LogP contribution < -0.4 is 10.6 Å². The van der Waals surface area contributed by atoms with E-state index in [0.717, 1.165) is 25.5 Å². The van der Waals surface area contributed by atoms with Crippen LogP contribution in [0.15, 0.2) is 70.5 Å². The molecule has 0 bridgehead atoms. The average molecular weight is 525 g/mol. The van der Waals surface area contributed by atoms with Crippen molar-refractivity contribution in [1.82, 2.24) is 5.32 Å². The number of anilines is 1. The zero-order valence-electron chi connectivity index (χ0n) is 18.6. The third-order valence-corrected chi connectivity index (χ3v) is 8.01. The number of benzene rings is 2. The molecule has 2 aliphatic rings. The highest BCUT2D eigenvalue weighted by Gasteiger charge is 2.66. The Morgan fingerprint density at radius 3 is 2.39 bits per heavy atom. The zero-order chi connectivity index (χ0) is 23.4. The lowest BCUT2D eigenvalue weighted by Gasteiger charge is -2.35. The monoisotopic (exact) mass is 524 g/mol. The summed E-state index contributed by atoms with van der Waals surface area (Å²) in [5.74, 6) is -0.917. The number of esters is 1. The molecule has 5 nitrogen and oxygen atoms in total. The average Bonchev–Trinajstić information content (AvgIpc) is 3.43. The summed E-state index contributed by atoms with van der Waals surface area (Å²) in [5.41, 5.74) is 0.954. The smallest absolute Gasteiger partial charge is 0.324 e. The van der Waals surface area contributed by atoms with E-state index in [4.69, 9.17) is 4.74 Å². The molecule has 33 heavy (non-hydrogen) atoms. The molecule has 0 saturated carbocycles. The maximum Gasteiger partial charge on any atom is 0.324 e. The van der Waals surface area contributed by atoms with Gasteiger partial charge in [-0.2, -0.15) is 0 Å². The Balaban J connectivity index is 1.77. The van der Waals surface area contributed by atoms with Gasteiger partial charge in [0, 0.05) is 16.5 Å². The summed E-state index contributed by atoms with van der Waals surface area (Å²) >= 11 is 5.13. The van der Waals surface area contributed by atoms with Gasteiger partial charge in [-0.05, 0) is 66.0 Å². The molecule has 5 rings (SSSR count). The highest BCUT2D eigenvalue weighted by atomic mass is 79.9. The number of para-hydroxylation sites is 1. The van der Waals surface area contributed by atoms with E-state index in [1.807, 2.05) is 87.5 Å². The van der Waals surface area contributed by atoms with Gasteiger partial charge in [-0.25, -0.2) is 0 Å². The van der Waals surface area contributed by atoms with E-state index < -0.39 is 29.0 Å². The molecule has 3 aromatic rings. The quantitative estimate of drug-likeness (QED) is 0.441. The standard InChI is InChI=1S/C26H25BrN2O3S/c1-25(2,3)32-23(30)21-20(15-9-5-4-6-10-15)26(22(29-21)18-13-14-19(27)33-18)16-11-7-8-12-17(16)28-24(26)31/h4-14,20-22,29H,1-3H3,(H,28,31)/t20-,21+,22-,26-/m1/s1. The maximum absolute atomic E-state index is 14.0. The molecule has 7 heteroatoms. The van der Waals surface area contributed by atoms with Crippen molar-refractivity contribution in [3.8, 4) is 0 Å². The highest BCUT2D eigenvalue weighted by Crippen LogP contribution is 2.60. The predicted molar refractivity (Wildman–Crippen MR) is 133 cm³/mol. The van der Waals surface area contributed by atoms with Gasteiger partial charge >= 0.3 is 5.97 Å². The number of hydrogen-bond acceptors (Lipinski definition) is 5. The largest absolute Gasteiger partial charge is 0.459 e. The van der Waals surface area contributed by atoms with Gasteiger partial charge in [0.05, 0.1) is 9.83 Å². The molecular formula is C26H25BrN2O3S. The second-order valence-electron chi connectivity index (χ2n) is 9.51. The Morgan fingerprint density at radius 1 is 1.03 bits per heavy atom. The normalized spacial score (nSPS) is 26.3. The van der Waals surface area contributed by atoms with Crippen molar-refractivity contribution in [2.75, 3.05) is 5.32 Å². The SMILES string of the molecule is CC(C)(C)OC(=O)[C@H]1N[C@H](c2ccc(Br)s2)[C@]2(C(=O)Nc3ccccc32)[C@@H]1c1ccccc1. The predicted octanol–water partition coefficient (Wildman–Crippen LogP) is 5.54. The molecule has 0 aliphatic carbocycles. The van der Waals surface area contributed by atoms with E-state index in [1.165, 1.54) is 0 Å². The molecule has 3 heterocycles. The molecule has 2 aromatic carbocycles. The van der Waals surface area contributed by atoms with Crippen molar-refractivity contribution in [1.29, 1.82) is 0 Å². The van der Waals surface area contributed by atoms with E-state index >= 15 is 0 Å². The van der Waals surface area contributed by atoms with Crippen LogP contribution in [0.25, 0.3) is 0 Å². The molecule has 0 unspecified atom stereocenters. The summed E-state index contributed by atoms with van der Waals surface area (Å²) in [6.45, 7) is 5.58. The van der Waals surface area contributed by atoms with Crippen LogP contribution in [0.1, 0.15) is 48.7 Å². The topological polar surface area (TPSA) is 67.4 Å². The fraction of sp³-hybridized carbons (Fsp3) is 0.308. The van der Waals surface area contributed by atoms with Crippen molar-refractivity contribution in [3.05, 3.63) is 86.5 Å². The first-order valence-electron chi connectivity index (χ1n) is 10.9. The van der Waals surface area contributed by atoms with Gasteiger partial charge in [0.15, 0.2) is 0 Å². The minimum Gasteiger partial charge on any atom is -0.459 e. The van der Waals surface area contributed by atoms with E-state index in [1.54, 1.807) is 11.3 Å². The van der Waals surface area contributed by atoms with Crippen molar-refractivity contribution in [3.63, 3.8) is 0 Å². The van der Waals surface area contributed by atoms with Crippen molar-refractivity contribution in [2.45, 2.75) is 49.8 Å². The van der Waals surface area contributed by atoms with Gasteiger partial charge in [-0.1, -0.05) is 48.5 Å². The fourth-order valence-electron chi connectivity index (χ4n) is 5.22. The highest BCUT2D eigenvalue weighted by molar-refractivity contribution is 9.11. The summed E-state index contributed by atoms with van der Waals surface area (Å²) in [7, 11) is 0. The Bertz CT molecular complexity index is 1220. The van der Waals surface area contributed by atoms with Crippen LogP contribution in [0.3, 0.4) is 0 Å². The number of hydrogen-bond donors (Lipinski definition) is 2. The molecule has 1 saturated heterocycles. The van der Waals surface area contributed by atoms with Gasteiger partial charge in [0.2, 0.25) is 5.91 Å². The minimum atomic E-state index is -1.01. The Morgan fingerprint density at radius 2 is 1.73 bits per heavy atom. The first-order chi connectivity index (χ1) is 15.7. The molecule has 0 radical (unpaired) electrons. The van der Waals surface area contributed by atoms with Crippen LogP contribution in [0.4, 0.5) is 5.69 Å². The van der Waals surface area contributed by atoms with Gasteiger partial charge < -0.3 is 10.1 Å². The summed E-state index contributed by atoms with van der Waals surface area (Å²) < 4.78 is 6.82. The van der Waals surface area contributed by atoms with Crippen LogP contribution >= 0.6 is 27.3 Å². The Labute approximate surface area is 205 Å². The number of nitrogens with one attached hydrogen (secondary N) is 2. The number of fused-ring (bicyclic) bond motifs is 2. The van der Waals surface area contributed by atoms with Crippen molar-refractivity contribution >= 4 is 44.8 Å². The first-order valence-corrected chi connectivity index (χ1v) is 12.5. The zero-order valence-corrected chi connectivity index (χ0v) is 21.0. The number of rotatable bonds is 3. The number of carbonyl (C=O) groups excluding carboxylic acids is 2. The van der Waals surface area contributed by atoms with Crippen LogP contribution in [0.5, 0.6) is 0 Å². The molecule has 1 aromatic heterocycles. The van der Waals surface area contributed by atoms with Gasteiger partial charge in [0.25, 0.3) is 0 Å². The minimum absolute atomic E-state index is 0.106. The number of amides is 1. The molecule has 2 N–H and O–H groups in total. The molecular weight excluding hydrogens is 500 g/mol. The first kappa shape index (κ1) is 22.3. The van der Waals surface area contributed by atoms with Gasteiger partial charge in [-0.15, -0.1) is 11.3 Å². The second-order valence-corrected chi connectivity index (χ2v) is 12.0. The Hall–Kier alpha value is -2.48. The lowest BCUT2D eigenvalue weighted by Crippen LogP contribution is -2.44. The van der Waals surface area contributed by atoms with E-state index in [9.17, 15) is 9.59 Å². The maximum atomic E-state index is 14.0. The van der Waals surface area contributed by atoms with Crippen molar-refractivity contribution in [2.24, 2.45) is 0 Å². The third-order valence-electron chi connectivity index (χ3n) is 6.32. The number of carbonyl (C=O) groups is 2. The van der Waals surface area contributed by atoms with Crippen LogP contribution in [-0.2, 0) is 19.7 Å². The van der Waals surface area contributed by atoms with E-state index in [2.05, 4.69) is 26.6 Å². The Kier molecular flexibility index (Phi) is 5.46. The van der Waals surface area contributed by atoms with Crippen LogP contribution in [-0.4, -0.2) is 23.5 Å². The van der Waals surface area contributed by atoms with Crippen molar-refractivity contribution < 1.29 is 14.3 Å². The van der Waals surface area contributed by atoms with E-state index in [-0.39, 0.29) is 11.9 Å². The lowest BCUT2D eigenvalue weighted by molar-refractivity contribution is -0.157. The van der Waals surface area contributed by atoms with Crippen LogP contribution in [0, 0.1) is 0 Å². The molecule has 2 aliphatic heterocycles. The number of halogens is 1. The molecule has 1 amide bonds. The molecule has 170 valence electrons. The molecule has 1 spiro atoms. The second kappa shape index (κ2) is 8.08. The van der Waals surface area contributed by atoms with E-state index in [0.29, 0.717) is 0 Å². The molecule has 4 atom stereocenters. The summed E-state index contributed by atoms with van der Waals surface area (Å²) in [5, 5.41) is 6.66. The molecule has 1 fully saturated rings. The third kappa shape index (κ3) is 3.63. The van der Waals surface area contributed by atoms with Crippen LogP contribution in [0.2, 0.25) is 0 Å².